The topological polar surface area (TPSA) is 50.2 Å². The molecule has 1 aliphatic heterocycles. The molecule has 4 nitrogen and oxygen atoms in total. The van der Waals surface area contributed by atoms with E-state index in [0.717, 1.165) is 31.9 Å². The van der Waals surface area contributed by atoms with Gasteiger partial charge in [0.2, 0.25) is 0 Å². The molecule has 0 spiro atoms. The average molecular weight is 361 g/mol. The van der Waals surface area contributed by atoms with Gasteiger partial charge in [-0.15, -0.1) is 22.7 Å². The van der Waals surface area contributed by atoms with Gasteiger partial charge >= 0.3 is 0 Å². The second kappa shape index (κ2) is 6.27. The van der Waals surface area contributed by atoms with E-state index >= 15 is 0 Å². The highest BCUT2D eigenvalue weighted by Crippen LogP contribution is 2.39. The third-order valence-corrected chi connectivity index (χ3v) is 7.28. The van der Waals surface area contributed by atoms with Crippen molar-refractivity contribution >= 4 is 74.8 Å². The van der Waals surface area contributed by atoms with Gasteiger partial charge in [-0.3, -0.25) is 0 Å². The second-order valence-electron chi connectivity index (χ2n) is 3.81. The monoisotopic (exact) mass is 360 g/mol. The van der Waals surface area contributed by atoms with Crippen LogP contribution in [0.2, 0.25) is 0 Å². The van der Waals surface area contributed by atoms with Crippen LogP contribution in [0.15, 0.2) is 13.7 Å². The van der Waals surface area contributed by atoms with Crippen LogP contribution in [-0.2, 0) is 6.42 Å². The zero-order valence-corrected chi connectivity index (χ0v) is 15.2. The van der Waals surface area contributed by atoms with Gasteiger partial charge in [-0.1, -0.05) is 35.3 Å². The number of aromatic nitrogens is 2. The summed E-state index contributed by atoms with van der Waals surface area (Å²) in [5.74, 6) is 1.79. The number of aliphatic imine (C=N–C) groups is 1. The summed E-state index contributed by atoms with van der Waals surface area (Å²) in [7, 11) is 0. The molecule has 1 N–H and O–H groups in total. The molecule has 0 saturated heterocycles. The molecule has 3 rings (SSSR count). The molecular weight excluding hydrogens is 348 g/mol. The summed E-state index contributed by atoms with van der Waals surface area (Å²) in [6.07, 6.45) is 6.97. The minimum Gasteiger partial charge on any atom is -0.318 e. The van der Waals surface area contributed by atoms with Crippen LogP contribution < -0.4 is 5.32 Å². The molecule has 1 aliphatic rings. The van der Waals surface area contributed by atoms with Crippen LogP contribution in [0.25, 0.3) is 0 Å². The molecule has 0 aliphatic carbocycles. The van der Waals surface area contributed by atoms with E-state index in [4.69, 9.17) is 0 Å². The molecule has 0 bridgehead atoms. The van der Waals surface area contributed by atoms with Crippen LogP contribution in [0.4, 0.5) is 11.6 Å². The van der Waals surface area contributed by atoms with Gasteiger partial charge in [0.1, 0.15) is 5.82 Å². The summed E-state index contributed by atoms with van der Waals surface area (Å²) in [4.78, 5) is 16.3. The zero-order chi connectivity index (χ0) is 14.1. The van der Waals surface area contributed by atoms with Crippen LogP contribution in [0.5, 0.6) is 0 Å². The molecule has 0 amide bonds. The lowest BCUT2D eigenvalue weighted by atomic mass is 10.3. The van der Waals surface area contributed by atoms with Crippen molar-refractivity contribution in [2.45, 2.75) is 15.1 Å². The smallest absolute Gasteiger partial charge is 0.170 e. The van der Waals surface area contributed by atoms with E-state index in [1.54, 1.807) is 58.0 Å². The lowest BCUT2D eigenvalue weighted by Crippen LogP contribution is -2.10. The van der Waals surface area contributed by atoms with E-state index in [9.17, 15) is 0 Å². The minimum atomic E-state index is 0.848. The van der Waals surface area contributed by atoms with Crippen molar-refractivity contribution in [3.8, 4) is 0 Å². The van der Waals surface area contributed by atoms with Crippen LogP contribution >= 0.6 is 58.0 Å². The third kappa shape index (κ3) is 2.87. The largest absolute Gasteiger partial charge is 0.318 e. The number of anilines is 1. The van der Waals surface area contributed by atoms with Gasteiger partial charge in [0.15, 0.2) is 19.7 Å². The van der Waals surface area contributed by atoms with Crippen molar-refractivity contribution < 1.29 is 0 Å². The fourth-order valence-electron chi connectivity index (χ4n) is 1.72. The number of hydrogen-bond donors (Lipinski definition) is 1. The van der Waals surface area contributed by atoms with E-state index in [-0.39, 0.29) is 0 Å². The number of thiazole rings is 2. The Balaban J connectivity index is 2.09. The van der Waals surface area contributed by atoms with Crippen molar-refractivity contribution in [3.63, 3.8) is 0 Å². The minimum absolute atomic E-state index is 0.848. The predicted molar refractivity (Wildman–Crippen MR) is 94.8 cm³/mol. The molecule has 20 heavy (non-hydrogen) atoms. The molecule has 0 atom stereocenters. The number of rotatable bonds is 2. The van der Waals surface area contributed by atoms with Gasteiger partial charge in [-0.25, -0.2) is 15.0 Å². The Morgan fingerprint density at radius 1 is 0.950 bits per heavy atom. The molecule has 106 valence electrons. The van der Waals surface area contributed by atoms with E-state index in [1.165, 1.54) is 9.75 Å². The fraction of sp³-hybridized carbons (Fsp3) is 0.364. The highest BCUT2D eigenvalue weighted by Gasteiger charge is 2.20. The van der Waals surface area contributed by atoms with E-state index in [1.807, 2.05) is 12.5 Å². The fourth-order valence-corrected chi connectivity index (χ4v) is 5.31. The summed E-state index contributed by atoms with van der Waals surface area (Å²) in [5.41, 5.74) is 0. The highest BCUT2D eigenvalue weighted by atomic mass is 32.2. The van der Waals surface area contributed by atoms with Crippen LogP contribution in [0, 0.1) is 0 Å². The van der Waals surface area contributed by atoms with Crippen LogP contribution in [0.1, 0.15) is 9.75 Å². The Kier molecular flexibility index (Phi) is 4.61. The molecule has 3 heterocycles. The molecule has 2 aromatic rings. The molecule has 0 aromatic carbocycles. The summed E-state index contributed by atoms with van der Waals surface area (Å²) in [6.45, 7) is 0. The number of nitrogens with zero attached hydrogens (tertiary/aromatic N) is 3. The van der Waals surface area contributed by atoms with Crippen molar-refractivity contribution in [3.05, 3.63) is 9.75 Å². The van der Waals surface area contributed by atoms with Crippen LogP contribution in [0.3, 0.4) is 0 Å². The summed E-state index contributed by atoms with van der Waals surface area (Å²) in [6, 6.07) is 0. The van der Waals surface area contributed by atoms with Crippen molar-refractivity contribution in [1.82, 2.24) is 9.97 Å². The molecule has 2 aromatic heterocycles. The SMILES string of the molecule is CS/C1=N/c2nc(SC)sc2Cc2sc(SC)nc2N1. The van der Waals surface area contributed by atoms with Gasteiger partial charge in [0.25, 0.3) is 0 Å². The maximum Gasteiger partial charge on any atom is 0.170 e. The van der Waals surface area contributed by atoms with Crippen molar-refractivity contribution in [2.75, 3.05) is 24.1 Å². The van der Waals surface area contributed by atoms with Gasteiger partial charge in [0, 0.05) is 6.42 Å². The first-order valence-electron chi connectivity index (χ1n) is 5.70. The number of hydrogen-bond acceptors (Lipinski definition) is 9. The Labute approximate surface area is 138 Å². The molecule has 0 radical (unpaired) electrons. The lowest BCUT2D eigenvalue weighted by molar-refractivity contribution is 1.16. The normalized spacial score (nSPS) is 16.4. The quantitative estimate of drug-likeness (QED) is 0.801. The first-order chi connectivity index (χ1) is 9.73. The number of nitrogens with one attached hydrogen (secondary N) is 1. The summed E-state index contributed by atoms with van der Waals surface area (Å²) >= 11 is 8.41. The lowest BCUT2D eigenvalue weighted by Gasteiger charge is -2.09. The third-order valence-electron chi connectivity index (χ3n) is 2.63. The van der Waals surface area contributed by atoms with Gasteiger partial charge < -0.3 is 5.32 Å². The number of thioether (sulfide) groups is 3. The van der Waals surface area contributed by atoms with E-state index in [2.05, 4.69) is 26.5 Å². The summed E-state index contributed by atoms with van der Waals surface area (Å²) in [5, 5.41) is 4.18. The van der Waals surface area contributed by atoms with E-state index in [0.29, 0.717) is 0 Å². The summed E-state index contributed by atoms with van der Waals surface area (Å²) < 4.78 is 2.15. The first kappa shape index (κ1) is 14.7. The predicted octanol–water partition coefficient (Wildman–Crippen LogP) is 4.41. The van der Waals surface area contributed by atoms with Crippen molar-refractivity contribution in [1.29, 1.82) is 0 Å². The van der Waals surface area contributed by atoms with Crippen molar-refractivity contribution in [2.24, 2.45) is 4.99 Å². The Bertz CT molecular complexity index is 660. The Morgan fingerprint density at radius 2 is 1.65 bits per heavy atom. The molecule has 9 heteroatoms. The molecule has 0 saturated carbocycles. The maximum atomic E-state index is 4.63. The molecule has 0 unspecified atom stereocenters. The Morgan fingerprint density at radius 3 is 2.35 bits per heavy atom. The standard InChI is InChI=1S/C11H12N4S5/c1-16-9-12-7-5(19-10(14-7)17-2)4-6-8(13-9)15-11(18-3)20-6/h4H2,1-3H3,(H,12,13). The van der Waals surface area contributed by atoms with Gasteiger partial charge in [-0.2, -0.15) is 0 Å². The number of amidine groups is 1. The molecular formula is C11H12N4S5. The van der Waals surface area contributed by atoms with Crippen LogP contribution in [-0.4, -0.2) is 33.9 Å². The molecule has 0 fully saturated rings. The highest BCUT2D eigenvalue weighted by molar-refractivity contribution is 8.13. The first-order valence-corrected chi connectivity index (χ1v) is 11.0. The maximum absolute atomic E-state index is 4.63. The zero-order valence-electron chi connectivity index (χ0n) is 11.1. The second-order valence-corrected chi connectivity index (χ2v) is 8.88. The van der Waals surface area contributed by atoms with E-state index < -0.39 is 0 Å². The average Bonchev–Trinajstić information content (AvgIpc) is 3.01. The Hall–Kier alpha value is -0.220. The van der Waals surface area contributed by atoms with Gasteiger partial charge in [-0.05, 0) is 18.8 Å². The van der Waals surface area contributed by atoms with Gasteiger partial charge in [0.05, 0.1) is 9.75 Å². The number of fused-ring (bicyclic) bond motifs is 2.